The zero-order valence-electron chi connectivity index (χ0n) is 33.9. The number of H-pyrrole nitrogens is 2. The molecular formula is C42H50N4O16. The quantitative estimate of drug-likeness (QED) is 0.0893. The summed E-state index contributed by atoms with van der Waals surface area (Å²) < 4.78 is 0. The lowest BCUT2D eigenvalue weighted by atomic mass is 9.68. The maximum Gasteiger partial charge on any atom is 0.307 e. The van der Waals surface area contributed by atoms with Crippen molar-refractivity contribution in [2.75, 3.05) is 0 Å². The van der Waals surface area contributed by atoms with Gasteiger partial charge < -0.3 is 61.5 Å². The summed E-state index contributed by atoms with van der Waals surface area (Å²) in [5.74, 6) is -11.4. The van der Waals surface area contributed by atoms with E-state index >= 15 is 0 Å². The van der Waals surface area contributed by atoms with Gasteiger partial charge in [0.2, 0.25) is 0 Å². The second-order valence-corrected chi connectivity index (χ2v) is 16.6. The number of allylic oxidation sites excluding steroid dienone is 2. The molecule has 5 rings (SSSR count). The molecule has 2 fully saturated rings. The van der Waals surface area contributed by atoms with E-state index in [0.717, 1.165) is 0 Å². The van der Waals surface area contributed by atoms with Crippen LogP contribution in [0, 0.1) is 22.7 Å². The molecule has 2 saturated heterocycles. The molecule has 0 radical (unpaired) electrons. The van der Waals surface area contributed by atoms with Gasteiger partial charge in [-0.1, -0.05) is 13.8 Å². The summed E-state index contributed by atoms with van der Waals surface area (Å²) in [7, 11) is 0. The molecule has 0 spiro atoms. The molecule has 0 saturated carbocycles. The Morgan fingerprint density at radius 3 is 1.44 bits per heavy atom. The number of aromatic amines is 2. The fourth-order valence-electron chi connectivity index (χ4n) is 9.62. The molecule has 1 unspecified atom stereocenters. The van der Waals surface area contributed by atoms with Gasteiger partial charge in [0, 0.05) is 76.0 Å². The standard InChI is InChI=1S/C42H50N4O16/c1-41(17-39(59)60)23(5-9-35(51)52)29-14-27-21(11-37(55)56)19(3-7-33(47)48)25(43-27)13-26-20(4-8-34(49)50)22(12-38(57)58)28(44-26)15-31-42(2,18-40(61)62)24(6-10-36(53)54)30(46-31)16-32(41)45-29/h13-16,23-24,29-30,43-46H,3-12,17-18H2,1-2H3,(H,47,48)(H,49,50)(H,51,52)(H,53,54)(H,55,56)(H,57,58)(H,59,60)(H,61,62)/b25-13-,27-14-,31-15-,32-16-/t23-,24-,29?,30-,41+,42+/m1/s1. The number of fused-ring (bicyclic) bond motifs is 8. The Balaban J connectivity index is 1.99. The van der Waals surface area contributed by atoms with E-state index in [4.69, 9.17) is 0 Å². The van der Waals surface area contributed by atoms with Crippen molar-refractivity contribution in [3.8, 4) is 0 Å². The van der Waals surface area contributed by atoms with Gasteiger partial charge in [-0.05, 0) is 84.1 Å². The second-order valence-electron chi connectivity index (χ2n) is 16.6. The summed E-state index contributed by atoms with van der Waals surface area (Å²) >= 11 is 0. The van der Waals surface area contributed by atoms with Crippen LogP contribution in [0.25, 0.3) is 18.2 Å². The maximum atomic E-state index is 12.6. The summed E-state index contributed by atoms with van der Waals surface area (Å²) in [6.07, 6.45) is 1.62. The fourth-order valence-corrected chi connectivity index (χ4v) is 9.62. The topological polar surface area (TPSA) is 354 Å². The lowest BCUT2D eigenvalue weighted by molar-refractivity contribution is -0.141. The molecule has 2 aromatic rings. The van der Waals surface area contributed by atoms with E-state index in [1.807, 2.05) is 0 Å². The van der Waals surface area contributed by atoms with E-state index < -0.39 is 134 Å². The van der Waals surface area contributed by atoms with Crippen LogP contribution in [0.15, 0.2) is 17.5 Å². The number of aromatic nitrogens is 2. The summed E-state index contributed by atoms with van der Waals surface area (Å²) in [5, 5.41) is 86.9. The van der Waals surface area contributed by atoms with Crippen LogP contribution in [0.2, 0.25) is 0 Å². The Labute approximate surface area is 352 Å². The van der Waals surface area contributed by atoms with Crippen LogP contribution in [-0.4, -0.2) is 111 Å². The van der Waals surface area contributed by atoms with Crippen molar-refractivity contribution in [1.29, 1.82) is 0 Å². The molecular weight excluding hydrogens is 816 g/mol. The Kier molecular flexibility index (Phi) is 13.7. The summed E-state index contributed by atoms with van der Waals surface area (Å²) in [6, 6.07) is -1.79. The first-order valence-corrected chi connectivity index (χ1v) is 19.9. The third kappa shape index (κ3) is 10.2. The molecule has 2 aromatic heterocycles. The van der Waals surface area contributed by atoms with Gasteiger partial charge in [0.05, 0.1) is 31.7 Å². The molecule has 0 amide bonds. The van der Waals surface area contributed by atoms with Crippen molar-refractivity contribution in [3.63, 3.8) is 0 Å². The Morgan fingerprint density at radius 1 is 0.484 bits per heavy atom. The van der Waals surface area contributed by atoms with Crippen molar-refractivity contribution in [2.45, 2.75) is 103 Å². The van der Waals surface area contributed by atoms with E-state index in [-0.39, 0.29) is 75.7 Å². The Bertz CT molecular complexity index is 2390. The third-order valence-electron chi connectivity index (χ3n) is 12.4. The Morgan fingerprint density at radius 2 is 0.935 bits per heavy atom. The number of hydrogen-bond donors (Lipinski definition) is 12. The van der Waals surface area contributed by atoms with Crippen LogP contribution in [0.5, 0.6) is 0 Å². The molecule has 12 N–H and O–H groups in total. The normalized spacial score (nSPS) is 26.5. The van der Waals surface area contributed by atoms with Gasteiger partial charge >= 0.3 is 47.8 Å². The van der Waals surface area contributed by atoms with Gasteiger partial charge in [-0.3, -0.25) is 38.4 Å². The molecule has 3 aliphatic heterocycles. The summed E-state index contributed by atoms with van der Waals surface area (Å²) in [6.45, 7) is 3.24. The van der Waals surface area contributed by atoms with E-state index in [9.17, 15) is 79.2 Å². The van der Waals surface area contributed by atoms with Gasteiger partial charge in [-0.25, -0.2) is 0 Å². The lowest BCUT2D eigenvalue weighted by Crippen LogP contribution is -2.34. The number of nitrogens with one attached hydrogen (secondary N) is 4. The highest BCUT2D eigenvalue weighted by Crippen LogP contribution is 2.52. The summed E-state index contributed by atoms with van der Waals surface area (Å²) in [4.78, 5) is 104. The first kappa shape index (κ1) is 46.2. The SMILES string of the molecule is C[C@@]1(CC(=O)O)/C2=C/[C@H]3N/C(=C\c4[nH]c(c(CCC(=O)O)c4CC(=O)O)/C=c4\[nH]/c(c(CC(=O)O)c4CCC(=O)O)=C\C(N2)[C@H]1CCC(=O)O)[C@@](C)(CC(=O)O)[C@@H]3CCC(=O)O. The molecule has 20 nitrogen and oxygen atoms in total. The van der Waals surface area contributed by atoms with Crippen LogP contribution in [0.3, 0.4) is 0 Å². The number of carboxylic acids is 8. The average molecular weight is 867 g/mol. The molecule has 8 bridgehead atoms. The number of carboxylic acid groups (broad SMARTS) is 8. The lowest BCUT2D eigenvalue weighted by Gasteiger charge is -2.33. The number of aliphatic carboxylic acids is 8. The van der Waals surface area contributed by atoms with Crippen LogP contribution >= 0.6 is 0 Å². The minimum absolute atomic E-state index is 0.0723. The van der Waals surface area contributed by atoms with Crippen LogP contribution < -0.4 is 21.3 Å². The largest absolute Gasteiger partial charge is 0.481 e. The molecule has 6 atom stereocenters. The van der Waals surface area contributed by atoms with E-state index in [1.54, 1.807) is 26.0 Å². The van der Waals surface area contributed by atoms with E-state index in [2.05, 4.69) is 20.6 Å². The maximum absolute atomic E-state index is 12.6. The fraction of sp³-hybridized carbons (Fsp3) is 0.476. The van der Waals surface area contributed by atoms with Gasteiger partial charge in [0.25, 0.3) is 0 Å². The molecule has 5 heterocycles. The number of carbonyl (C=O) groups is 8. The first-order valence-electron chi connectivity index (χ1n) is 19.9. The zero-order chi connectivity index (χ0) is 45.8. The smallest absolute Gasteiger partial charge is 0.307 e. The average Bonchev–Trinajstić information content (AvgIpc) is 3.77. The highest BCUT2D eigenvalue weighted by molar-refractivity contribution is 5.78. The van der Waals surface area contributed by atoms with Crippen molar-refractivity contribution in [2.24, 2.45) is 22.7 Å². The minimum Gasteiger partial charge on any atom is -0.481 e. The monoisotopic (exact) mass is 866 g/mol. The molecule has 0 aliphatic carbocycles. The first-order chi connectivity index (χ1) is 29.0. The van der Waals surface area contributed by atoms with E-state index in [1.165, 1.54) is 12.2 Å². The zero-order valence-corrected chi connectivity index (χ0v) is 33.9. The predicted molar refractivity (Wildman–Crippen MR) is 215 cm³/mol. The minimum atomic E-state index is -1.38. The highest BCUT2D eigenvalue weighted by Gasteiger charge is 2.53. The number of hydrogen-bond acceptors (Lipinski definition) is 10. The predicted octanol–water partition coefficient (Wildman–Crippen LogP) is 1.35. The second kappa shape index (κ2) is 18.4. The van der Waals surface area contributed by atoms with Gasteiger partial charge in [0.1, 0.15) is 0 Å². The third-order valence-corrected chi connectivity index (χ3v) is 12.4. The van der Waals surface area contributed by atoms with Crippen molar-refractivity contribution < 1.29 is 79.2 Å². The van der Waals surface area contributed by atoms with Crippen molar-refractivity contribution in [1.82, 2.24) is 20.6 Å². The number of rotatable bonds is 20. The Hall–Kier alpha value is -6.86. The van der Waals surface area contributed by atoms with Gasteiger partial charge in [-0.2, -0.15) is 0 Å². The molecule has 3 aliphatic rings. The van der Waals surface area contributed by atoms with Crippen LogP contribution in [-0.2, 0) is 64.0 Å². The van der Waals surface area contributed by atoms with Crippen molar-refractivity contribution in [3.05, 3.63) is 61.8 Å². The molecule has 20 heteroatoms. The summed E-state index contributed by atoms with van der Waals surface area (Å²) in [5.41, 5.74) is -1.08. The molecule has 62 heavy (non-hydrogen) atoms. The van der Waals surface area contributed by atoms with Gasteiger partial charge in [-0.15, -0.1) is 0 Å². The highest BCUT2D eigenvalue weighted by atomic mass is 16.4. The van der Waals surface area contributed by atoms with Crippen molar-refractivity contribution >= 4 is 66.0 Å². The molecule has 334 valence electrons. The molecule has 0 aromatic carbocycles. The van der Waals surface area contributed by atoms with E-state index in [0.29, 0.717) is 5.70 Å². The van der Waals surface area contributed by atoms with Gasteiger partial charge in [0.15, 0.2) is 0 Å². The van der Waals surface area contributed by atoms with Crippen LogP contribution in [0.1, 0.15) is 98.9 Å². The van der Waals surface area contributed by atoms with Crippen LogP contribution in [0.4, 0.5) is 0 Å².